The van der Waals surface area contributed by atoms with Crippen LogP contribution in [-0.4, -0.2) is 53.2 Å². The summed E-state index contributed by atoms with van der Waals surface area (Å²) in [5, 5.41) is 21.9. The van der Waals surface area contributed by atoms with E-state index in [4.69, 9.17) is 15.9 Å². The normalized spacial score (nSPS) is 11.5. The molecule has 1 atom stereocenters. The number of nitrogens with one attached hydrogen (secondary N) is 3. The fourth-order valence-corrected chi connectivity index (χ4v) is 3.83. The van der Waals surface area contributed by atoms with E-state index in [0.29, 0.717) is 33.6 Å². The number of nitrogens with two attached hydrogens (primary N) is 1. The van der Waals surface area contributed by atoms with Crippen LogP contribution in [0.15, 0.2) is 36.4 Å². The predicted molar refractivity (Wildman–Crippen MR) is 139 cm³/mol. The molecule has 0 saturated carbocycles. The van der Waals surface area contributed by atoms with Gasteiger partial charge in [-0.3, -0.25) is 19.8 Å². The molecular weight excluding hydrogens is 476 g/mol. The number of aliphatic carboxylic acids is 1. The van der Waals surface area contributed by atoms with Crippen molar-refractivity contribution in [3.8, 4) is 5.75 Å². The van der Waals surface area contributed by atoms with Crippen molar-refractivity contribution in [2.45, 2.75) is 59.1 Å². The summed E-state index contributed by atoms with van der Waals surface area (Å²) in [6.07, 6.45) is -0.108. The molecule has 0 spiro atoms. The molecule has 2 amide bonds. The maximum atomic E-state index is 12.9. The number of hydrogen-bond acceptors (Lipinski definition) is 6. The number of benzene rings is 2. The van der Waals surface area contributed by atoms with Gasteiger partial charge in [0.25, 0.3) is 11.8 Å². The minimum absolute atomic E-state index is 0.0321. The number of ether oxygens (including phenoxy) is 1. The van der Waals surface area contributed by atoms with Gasteiger partial charge < -0.3 is 26.2 Å². The van der Waals surface area contributed by atoms with Crippen LogP contribution < -0.4 is 21.1 Å². The van der Waals surface area contributed by atoms with E-state index in [1.807, 2.05) is 13.8 Å². The highest BCUT2D eigenvalue weighted by molar-refractivity contribution is 5.99. The van der Waals surface area contributed by atoms with Crippen LogP contribution in [0.5, 0.6) is 5.75 Å². The monoisotopic (exact) mass is 510 g/mol. The lowest BCUT2D eigenvalue weighted by Crippen LogP contribution is -2.42. The van der Waals surface area contributed by atoms with E-state index < -0.39 is 23.8 Å². The van der Waals surface area contributed by atoms with Crippen molar-refractivity contribution in [2.75, 3.05) is 6.54 Å². The van der Waals surface area contributed by atoms with Crippen LogP contribution >= 0.6 is 0 Å². The Bertz CT molecular complexity index is 1170. The van der Waals surface area contributed by atoms with E-state index in [9.17, 15) is 24.3 Å². The third-order valence-electron chi connectivity index (χ3n) is 5.45. The summed E-state index contributed by atoms with van der Waals surface area (Å²) >= 11 is 0. The average molecular weight is 511 g/mol. The molecule has 10 nitrogen and oxygen atoms in total. The van der Waals surface area contributed by atoms with Crippen LogP contribution in [0.1, 0.15) is 64.1 Å². The van der Waals surface area contributed by atoms with E-state index >= 15 is 0 Å². The fraction of sp³-hybridized carbons (Fsp3) is 0.370. The summed E-state index contributed by atoms with van der Waals surface area (Å²) in [7, 11) is 0. The Balaban J connectivity index is 1.94. The van der Waals surface area contributed by atoms with Crippen molar-refractivity contribution < 1.29 is 29.0 Å². The van der Waals surface area contributed by atoms with Crippen LogP contribution in [0.2, 0.25) is 0 Å². The maximum Gasteiger partial charge on any atom is 0.326 e. The molecule has 37 heavy (non-hydrogen) atoms. The largest absolute Gasteiger partial charge is 0.491 e. The van der Waals surface area contributed by atoms with Crippen molar-refractivity contribution in [3.63, 3.8) is 0 Å². The second kappa shape index (κ2) is 13.2. The number of amidine groups is 1. The Labute approximate surface area is 216 Å². The van der Waals surface area contributed by atoms with Gasteiger partial charge in [-0.15, -0.1) is 0 Å². The van der Waals surface area contributed by atoms with Crippen LogP contribution in [0, 0.1) is 19.3 Å². The standard InChI is InChI=1S/C27H34N4O6/c1-15(2)37-21-10-16(3)24(17(4)11-21)26(34)31-22(27(35)36)9-8-20(32)14-30-25(33)19-7-5-6-18(12-19)13-23(28)29/h5-7,10-12,15,22H,8-9,13-14H2,1-4H3,(H3,28,29)(H,30,33)(H,31,34)(H,35,36). The van der Waals surface area contributed by atoms with Gasteiger partial charge in [-0.05, 0) is 75.1 Å². The van der Waals surface area contributed by atoms with Crippen LogP contribution in [-0.2, 0) is 16.0 Å². The summed E-state index contributed by atoms with van der Waals surface area (Å²) < 4.78 is 5.68. The van der Waals surface area contributed by atoms with Gasteiger partial charge in [0, 0.05) is 24.0 Å². The van der Waals surface area contributed by atoms with E-state index in [1.54, 1.807) is 50.2 Å². The van der Waals surface area contributed by atoms with E-state index in [0.717, 1.165) is 0 Å². The molecule has 0 bridgehead atoms. The molecule has 0 aromatic heterocycles. The fourth-order valence-electron chi connectivity index (χ4n) is 3.83. The Morgan fingerprint density at radius 2 is 1.70 bits per heavy atom. The van der Waals surface area contributed by atoms with Gasteiger partial charge in [-0.2, -0.15) is 0 Å². The molecule has 0 saturated heterocycles. The number of carbonyl (C=O) groups excluding carboxylic acids is 3. The number of rotatable bonds is 13. The molecule has 0 aliphatic heterocycles. The van der Waals surface area contributed by atoms with Crippen molar-refractivity contribution in [2.24, 2.45) is 5.73 Å². The number of carboxylic acid groups (broad SMARTS) is 1. The molecule has 2 aromatic carbocycles. The summed E-state index contributed by atoms with van der Waals surface area (Å²) in [4.78, 5) is 49.3. The number of hydrogen-bond donors (Lipinski definition) is 5. The zero-order valence-electron chi connectivity index (χ0n) is 21.5. The van der Waals surface area contributed by atoms with Crippen LogP contribution in [0.4, 0.5) is 0 Å². The summed E-state index contributed by atoms with van der Waals surface area (Å²) in [5.74, 6) is -2.08. The van der Waals surface area contributed by atoms with Crippen LogP contribution in [0.3, 0.4) is 0 Å². The number of aryl methyl sites for hydroxylation is 2. The highest BCUT2D eigenvalue weighted by Crippen LogP contribution is 2.23. The van der Waals surface area contributed by atoms with Gasteiger partial charge in [-0.1, -0.05) is 12.1 Å². The SMILES string of the molecule is Cc1cc(OC(C)C)cc(C)c1C(=O)NC(CCC(=O)CNC(=O)c1cccc(CC(=N)N)c1)C(=O)O. The molecular formula is C27H34N4O6. The summed E-state index contributed by atoms with van der Waals surface area (Å²) in [6.45, 7) is 6.98. The van der Waals surface area contributed by atoms with Gasteiger partial charge in [0.05, 0.1) is 18.5 Å². The highest BCUT2D eigenvalue weighted by atomic mass is 16.5. The number of carbonyl (C=O) groups is 4. The van der Waals surface area contributed by atoms with E-state index in [1.165, 1.54) is 0 Å². The van der Waals surface area contributed by atoms with Gasteiger partial charge in [0.15, 0.2) is 5.78 Å². The molecule has 2 aromatic rings. The summed E-state index contributed by atoms with van der Waals surface area (Å²) in [5.41, 5.74) is 8.04. The minimum atomic E-state index is -1.28. The quantitative estimate of drug-likeness (QED) is 0.203. The molecule has 0 fully saturated rings. The van der Waals surface area contributed by atoms with Crippen molar-refractivity contribution in [1.29, 1.82) is 5.41 Å². The van der Waals surface area contributed by atoms with E-state index in [2.05, 4.69) is 10.6 Å². The molecule has 2 rings (SSSR count). The lowest BCUT2D eigenvalue weighted by molar-refractivity contribution is -0.139. The molecule has 0 radical (unpaired) electrons. The molecule has 0 aliphatic rings. The number of amides is 2. The Morgan fingerprint density at radius 1 is 1.05 bits per heavy atom. The van der Waals surface area contributed by atoms with Crippen LogP contribution in [0.25, 0.3) is 0 Å². The first-order valence-corrected chi connectivity index (χ1v) is 11.9. The number of Topliss-reactive ketones (excluding diaryl/α,β-unsaturated/α-hetero) is 1. The third kappa shape index (κ3) is 9.06. The predicted octanol–water partition coefficient (Wildman–Crippen LogP) is 2.53. The minimum Gasteiger partial charge on any atom is -0.491 e. The number of ketones is 1. The smallest absolute Gasteiger partial charge is 0.326 e. The third-order valence-corrected chi connectivity index (χ3v) is 5.45. The molecule has 6 N–H and O–H groups in total. The van der Waals surface area contributed by atoms with Gasteiger partial charge in [-0.25, -0.2) is 4.79 Å². The van der Waals surface area contributed by atoms with Gasteiger partial charge >= 0.3 is 5.97 Å². The average Bonchev–Trinajstić information content (AvgIpc) is 2.78. The molecule has 1 unspecified atom stereocenters. The first-order chi connectivity index (χ1) is 17.4. The second-order valence-electron chi connectivity index (χ2n) is 9.13. The Kier molecular flexibility index (Phi) is 10.4. The summed E-state index contributed by atoms with van der Waals surface area (Å²) in [6, 6.07) is 8.72. The van der Waals surface area contributed by atoms with Gasteiger partial charge in [0.1, 0.15) is 11.8 Å². The highest BCUT2D eigenvalue weighted by Gasteiger charge is 2.24. The lowest BCUT2D eigenvalue weighted by atomic mass is 10.0. The molecule has 0 heterocycles. The first-order valence-electron chi connectivity index (χ1n) is 11.9. The zero-order valence-corrected chi connectivity index (χ0v) is 21.5. The van der Waals surface area contributed by atoms with Crippen molar-refractivity contribution >= 4 is 29.4 Å². The topological polar surface area (TPSA) is 172 Å². The maximum absolute atomic E-state index is 12.9. The lowest BCUT2D eigenvalue weighted by Gasteiger charge is -2.18. The van der Waals surface area contributed by atoms with Crippen molar-refractivity contribution in [3.05, 3.63) is 64.2 Å². The Hall–Kier alpha value is -4.21. The van der Waals surface area contributed by atoms with E-state index in [-0.39, 0.29) is 43.5 Å². The molecule has 10 heteroatoms. The second-order valence-corrected chi connectivity index (χ2v) is 9.13. The first kappa shape index (κ1) is 29.0. The number of carboxylic acids is 1. The Morgan fingerprint density at radius 3 is 2.27 bits per heavy atom. The van der Waals surface area contributed by atoms with Crippen molar-refractivity contribution in [1.82, 2.24) is 10.6 Å². The molecule has 0 aliphatic carbocycles. The molecule has 198 valence electrons. The van der Waals surface area contributed by atoms with Gasteiger partial charge in [0.2, 0.25) is 0 Å². The zero-order chi connectivity index (χ0) is 27.7.